The van der Waals surface area contributed by atoms with E-state index < -0.39 is 0 Å². The van der Waals surface area contributed by atoms with E-state index in [0.29, 0.717) is 5.92 Å². The van der Waals surface area contributed by atoms with Gasteiger partial charge in [0.2, 0.25) is 0 Å². The van der Waals surface area contributed by atoms with E-state index in [4.69, 9.17) is 9.97 Å². The molecular formula is C30H35N5S. The van der Waals surface area contributed by atoms with Crippen LogP contribution in [0.2, 0.25) is 0 Å². The van der Waals surface area contributed by atoms with E-state index in [1.165, 1.54) is 22.4 Å². The Kier molecular flexibility index (Phi) is 8.16. The highest BCUT2D eigenvalue weighted by Gasteiger charge is 2.16. The Morgan fingerprint density at radius 2 is 1.67 bits per heavy atom. The first-order chi connectivity index (χ1) is 17.6. The topological polar surface area (TPSA) is 45.2 Å². The van der Waals surface area contributed by atoms with Crippen LogP contribution >= 0.6 is 11.3 Å². The number of rotatable bonds is 8. The van der Waals surface area contributed by atoms with Gasteiger partial charge in [-0.25, -0.2) is 9.97 Å². The van der Waals surface area contributed by atoms with Crippen LogP contribution in [-0.4, -0.2) is 57.5 Å². The number of aromatic nitrogens is 3. The van der Waals surface area contributed by atoms with E-state index >= 15 is 0 Å². The second kappa shape index (κ2) is 11.9. The van der Waals surface area contributed by atoms with Gasteiger partial charge in [0.15, 0.2) is 5.82 Å². The van der Waals surface area contributed by atoms with Crippen LogP contribution in [-0.2, 0) is 13.0 Å². The fourth-order valence-corrected chi connectivity index (χ4v) is 5.44. The zero-order chi connectivity index (χ0) is 24.7. The summed E-state index contributed by atoms with van der Waals surface area (Å²) in [5, 5.41) is 2.10. The van der Waals surface area contributed by atoms with E-state index in [9.17, 15) is 0 Å². The molecule has 36 heavy (non-hydrogen) atoms. The van der Waals surface area contributed by atoms with Crippen LogP contribution in [0, 0.1) is 0 Å². The molecule has 0 saturated carbocycles. The highest BCUT2D eigenvalue weighted by Crippen LogP contribution is 2.26. The van der Waals surface area contributed by atoms with Gasteiger partial charge in [0.25, 0.3) is 0 Å². The van der Waals surface area contributed by atoms with Gasteiger partial charge in [-0.15, -0.1) is 11.3 Å². The Balaban J connectivity index is 1.22. The molecule has 1 fully saturated rings. The molecule has 1 aliphatic heterocycles. The molecule has 5 rings (SSSR count). The maximum Gasteiger partial charge on any atom is 0.160 e. The quantitative estimate of drug-likeness (QED) is 0.293. The first-order valence-corrected chi connectivity index (χ1v) is 13.9. The molecule has 0 N–H and O–H groups in total. The van der Waals surface area contributed by atoms with E-state index in [2.05, 4.69) is 76.5 Å². The predicted molar refractivity (Wildman–Crippen MR) is 149 cm³/mol. The first-order valence-electron chi connectivity index (χ1n) is 13.0. The maximum absolute atomic E-state index is 4.94. The molecule has 5 nitrogen and oxygen atoms in total. The minimum atomic E-state index is 0.586. The van der Waals surface area contributed by atoms with Crippen LogP contribution < -0.4 is 0 Å². The molecular weight excluding hydrogens is 462 g/mol. The van der Waals surface area contributed by atoms with Crippen LogP contribution in [0.5, 0.6) is 0 Å². The molecule has 4 heterocycles. The van der Waals surface area contributed by atoms with Crippen molar-refractivity contribution in [1.82, 2.24) is 24.8 Å². The summed E-state index contributed by atoms with van der Waals surface area (Å²) in [4.78, 5) is 20.3. The van der Waals surface area contributed by atoms with Gasteiger partial charge in [-0.3, -0.25) is 9.88 Å². The maximum atomic E-state index is 4.94. The van der Waals surface area contributed by atoms with Gasteiger partial charge in [-0.05, 0) is 66.2 Å². The minimum absolute atomic E-state index is 0.586. The SMILES string of the molecule is CC(C)c1ccc(CN2CCCN(CCc3cc(-c4cccs4)nc(-c4ccncc4)n3)CC2)cc1. The molecule has 0 amide bonds. The van der Waals surface area contributed by atoms with Crippen molar-refractivity contribution in [2.45, 2.75) is 39.2 Å². The number of hydrogen-bond acceptors (Lipinski definition) is 6. The summed E-state index contributed by atoms with van der Waals surface area (Å²) in [5.41, 5.74) is 5.95. The zero-order valence-electron chi connectivity index (χ0n) is 21.3. The largest absolute Gasteiger partial charge is 0.302 e. The normalized spacial score (nSPS) is 15.3. The lowest BCUT2D eigenvalue weighted by atomic mass is 10.0. The van der Waals surface area contributed by atoms with Crippen molar-refractivity contribution in [3.8, 4) is 22.0 Å². The van der Waals surface area contributed by atoms with Crippen molar-refractivity contribution in [3.63, 3.8) is 0 Å². The third-order valence-corrected chi connectivity index (χ3v) is 7.80. The van der Waals surface area contributed by atoms with Crippen LogP contribution in [0.4, 0.5) is 0 Å². The first kappa shape index (κ1) is 24.8. The van der Waals surface area contributed by atoms with Gasteiger partial charge in [0, 0.05) is 56.3 Å². The molecule has 0 aliphatic carbocycles. The van der Waals surface area contributed by atoms with Crippen LogP contribution in [0.1, 0.15) is 43.0 Å². The van der Waals surface area contributed by atoms with Gasteiger partial charge >= 0.3 is 0 Å². The molecule has 1 saturated heterocycles. The standard InChI is InChI=1S/C30H35N5S/c1-23(2)25-8-6-24(7-9-25)22-35-16-4-15-34(18-19-35)17-12-27-21-28(29-5-3-20-36-29)33-30(32-27)26-10-13-31-14-11-26/h3,5-11,13-14,20-21,23H,4,12,15-19,22H2,1-2H3. The summed E-state index contributed by atoms with van der Waals surface area (Å²) in [6, 6.07) is 19.5. The molecule has 0 unspecified atom stereocenters. The number of hydrogen-bond donors (Lipinski definition) is 0. The van der Waals surface area contributed by atoms with Crippen molar-refractivity contribution in [1.29, 1.82) is 0 Å². The van der Waals surface area contributed by atoms with Gasteiger partial charge < -0.3 is 4.90 Å². The van der Waals surface area contributed by atoms with E-state index in [0.717, 1.165) is 68.5 Å². The Bertz CT molecular complexity index is 1220. The van der Waals surface area contributed by atoms with E-state index in [-0.39, 0.29) is 0 Å². The zero-order valence-corrected chi connectivity index (χ0v) is 22.1. The number of benzene rings is 1. The summed E-state index contributed by atoms with van der Waals surface area (Å²) in [6.45, 7) is 11.1. The average Bonchev–Trinajstić information content (AvgIpc) is 3.36. The lowest BCUT2D eigenvalue weighted by Crippen LogP contribution is -2.32. The molecule has 0 radical (unpaired) electrons. The summed E-state index contributed by atoms with van der Waals surface area (Å²) in [7, 11) is 0. The molecule has 3 aromatic heterocycles. The van der Waals surface area contributed by atoms with E-state index in [1.54, 1.807) is 23.7 Å². The lowest BCUT2D eigenvalue weighted by Gasteiger charge is -2.22. The van der Waals surface area contributed by atoms with Crippen LogP contribution in [0.15, 0.2) is 72.4 Å². The minimum Gasteiger partial charge on any atom is -0.302 e. The Hall–Kier alpha value is -2.93. The highest BCUT2D eigenvalue weighted by atomic mass is 32.1. The second-order valence-electron chi connectivity index (χ2n) is 9.90. The molecule has 1 aromatic carbocycles. The van der Waals surface area contributed by atoms with Crippen molar-refractivity contribution < 1.29 is 0 Å². The lowest BCUT2D eigenvalue weighted by molar-refractivity contribution is 0.252. The van der Waals surface area contributed by atoms with Gasteiger partial charge in [0.05, 0.1) is 10.6 Å². The summed E-state index contributed by atoms with van der Waals surface area (Å²) in [5.74, 6) is 1.37. The monoisotopic (exact) mass is 497 g/mol. The highest BCUT2D eigenvalue weighted by molar-refractivity contribution is 7.13. The molecule has 186 valence electrons. The van der Waals surface area contributed by atoms with Crippen molar-refractivity contribution in [2.75, 3.05) is 32.7 Å². The average molecular weight is 498 g/mol. The molecule has 1 aliphatic rings. The third kappa shape index (κ3) is 6.44. The molecule has 0 bridgehead atoms. The fourth-order valence-electron chi connectivity index (χ4n) is 4.75. The Morgan fingerprint density at radius 3 is 2.42 bits per heavy atom. The van der Waals surface area contributed by atoms with E-state index in [1.807, 2.05) is 12.1 Å². The molecule has 0 spiro atoms. The van der Waals surface area contributed by atoms with Crippen LogP contribution in [0.3, 0.4) is 0 Å². The number of thiophene rings is 1. The summed E-state index contributed by atoms with van der Waals surface area (Å²) >= 11 is 1.72. The smallest absolute Gasteiger partial charge is 0.160 e. The fraction of sp³-hybridized carbons (Fsp3) is 0.367. The number of pyridine rings is 1. The Labute approximate surface area is 218 Å². The van der Waals surface area contributed by atoms with Crippen molar-refractivity contribution >= 4 is 11.3 Å². The third-order valence-electron chi connectivity index (χ3n) is 6.91. The molecule has 6 heteroatoms. The Morgan fingerprint density at radius 1 is 0.889 bits per heavy atom. The molecule has 0 atom stereocenters. The van der Waals surface area contributed by atoms with Crippen LogP contribution in [0.25, 0.3) is 22.0 Å². The summed E-state index contributed by atoms with van der Waals surface area (Å²) in [6.07, 6.45) is 5.74. The summed E-state index contributed by atoms with van der Waals surface area (Å²) < 4.78 is 0. The van der Waals surface area contributed by atoms with Gasteiger partial charge in [0.1, 0.15) is 0 Å². The van der Waals surface area contributed by atoms with Gasteiger partial charge in [-0.1, -0.05) is 44.2 Å². The van der Waals surface area contributed by atoms with Gasteiger partial charge in [-0.2, -0.15) is 0 Å². The predicted octanol–water partition coefficient (Wildman–Crippen LogP) is 6.14. The van der Waals surface area contributed by atoms with Crippen molar-refractivity contribution in [3.05, 3.63) is 89.2 Å². The number of nitrogens with zero attached hydrogens (tertiary/aromatic N) is 5. The van der Waals surface area contributed by atoms with Crippen molar-refractivity contribution in [2.24, 2.45) is 0 Å². The molecule has 4 aromatic rings. The second-order valence-corrected chi connectivity index (χ2v) is 10.8.